The SMILES string of the molecule is COc1cc(F)c([C@@H]2CNC(=O)[C@H]2NC(=O)NC2(c3ccc(Cl)c(OC(F)(F)F)c3)CC2)c(F)c1. The zero-order valence-electron chi connectivity index (χ0n) is 18.1. The van der Waals surface area contributed by atoms with Crippen LogP contribution in [0.5, 0.6) is 11.5 Å². The van der Waals surface area contributed by atoms with Crippen LogP contribution in [0.25, 0.3) is 0 Å². The zero-order chi connectivity index (χ0) is 25.5. The normalized spacial score (nSPS) is 20.7. The quantitative estimate of drug-likeness (QED) is 0.502. The molecule has 0 unspecified atom stereocenters. The first-order valence-electron chi connectivity index (χ1n) is 10.4. The molecule has 2 fully saturated rings. The highest BCUT2D eigenvalue weighted by Crippen LogP contribution is 2.47. The maximum atomic E-state index is 14.6. The van der Waals surface area contributed by atoms with Gasteiger partial charge in [0.2, 0.25) is 5.91 Å². The van der Waals surface area contributed by atoms with Crippen molar-refractivity contribution in [1.82, 2.24) is 16.0 Å². The molecule has 2 aliphatic rings. The van der Waals surface area contributed by atoms with E-state index in [1.54, 1.807) is 0 Å². The first-order chi connectivity index (χ1) is 16.4. The van der Waals surface area contributed by atoms with Crippen LogP contribution in [0.15, 0.2) is 30.3 Å². The summed E-state index contributed by atoms with van der Waals surface area (Å²) in [5.41, 5.74) is -1.09. The zero-order valence-corrected chi connectivity index (χ0v) is 18.8. The molecule has 0 aromatic heterocycles. The Morgan fingerprint density at radius 2 is 1.83 bits per heavy atom. The molecule has 3 amide bonds. The molecule has 0 bridgehead atoms. The number of methoxy groups -OCH3 is 1. The van der Waals surface area contributed by atoms with Crippen molar-refractivity contribution in [2.75, 3.05) is 13.7 Å². The number of hydrogen-bond acceptors (Lipinski definition) is 4. The van der Waals surface area contributed by atoms with Crippen molar-refractivity contribution < 1.29 is 41.0 Å². The molecule has 3 N–H and O–H groups in total. The summed E-state index contributed by atoms with van der Waals surface area (Å²) in [5.74, 6) is -4.23. The minimum atomic E-state index is -4.96. The van der Waals surface area contributed by atoms with E-state index in [0.29, 0.717) is 18.4 Å². The summed E-state index contributed by atoms with van der Waals surface area (Å²) in [6.07, 6.45) is -4.16. The number of ether oxygens (including phenoxy) is 2. The predicted molar refractivity (Wildman–Crippen MR) is 113 cm³/mol. The number of alkyl halides is 3. The van der Waals surface area contributed by atoms with Crippen molar-refractivity contribution >= 4 is 23.5 Å². The van der Waals surface area contributed by atoms with Gasteiger partial charge in [0.25, 0.3) is 0 Å². The van der Waals surface area contributed by atoms with Gasteiger partial charge in [-0.05, 0) is 30.5 Å². The summed E-state index contributed by atoms with van der Waals surface area (Å²) in [7, 11) is 1.25. The lowest BCUT2D eigenvalue weighted by atomic mass is 9.92. The second kappa shape index (κ2) is 9.06. The first-order valence-corrected chi connectivity index (χ1v) is 10.8. The molecule has 1 aliphatic carbocycles. The van der Waals surface area contributed by atoms with E-state index in [9.17, 15) is 31.5 Å². The Morgan fingerprint density at radius 3 is 2.40 bits per heavy atom. The first kappa shape index (κ1) is 24.8. The van der Waals surface area contributed by atoms with Crippen LogP contribution in [0.4, 0.5) is 26.7 Å². The number of carbonyl (C=O) groups is 2. The average molecular weight is 520 g/mol. The summed E-state index contributed by atoms with van der Waals surface area (Å²) < 4.78 is 75.9. The molecule has 2 aromatic rings. The molecule has 7 nitrogen and oxygen atoms in total. The van der Waals surface area contributed by atoms with E-state index in [-0.39, 0.29) is 22.9 Å². The Kier molecular flexibility index (Phi) is 6.43. The predicted octanol–water partition coefficient (Wildman–Crippen LogP) is 4.10. The standard InChI is InChI=1S/C22H19ClF5N3O4/c1-34-11-7-14(24)17(15(25)8-11)12-9-29-19(32)18(12)30-20(33)31-21(4-5-21)10-2-3-13(23)16(6-10)35-22(26,27)28/h2-3,6-8,12,18H,4-5,9H2,1H3,(H,29,32)(H2,30,31,33)/t12-,18-/m0/s1. The van der Waals surface area contributed by atoms with Gasteiger partial charge in [0.05, 0.1) is 17.7 Å². The number of hydrogen-bond donors (Lipinski definition) is 3. The topological polar surface area (TPSA) is 88.7 Å². The molecule has 35 heavy (non-hydrogen) atoms. The molecule has 1 heterocycles. The fraction of sp³-hybridized carbons (Fsp3) is 0.364. The second-order valence-corrected chi connectivity index (χ2v) is 8.61. The van der Waals surface area contributed by atoms with Gasteiger partial charge in [-0.25, -0.2) is 13.6 Å². The van der Waals surface area contributed by atoms with E-state index >= 15 is 0 Å². The van der Waals surface area contributed by atoms with Crippen LogP contribution in [0.3, 0.4) is 0 Å². The van der Waals surface area contributed by atoms with Gasteiger partial charge < -0.3 is 25.4 Å². The van der Waals surface area contributed by atoms with Crippen LogP contribution >= 0.6 is 11.6 Å². The number of amides is 3. The van der Waals surface area contributed by atoms with Crippen molar-refractivity contribution in [1.29, 1.82) is 0 Å². The van der Waals surface area contributed by atoms with Gasteiger partial charge in [-0.15, -0.1) is 13.2 Å². The highest BCUT2D eigenvalue weighted by atomic mass is 35.5. The lowest BCUT2D eigenvalue weighted by Crippen LogP contribution is -2.50. The van der Waals surface area contributed by atoms with E-state index in [1.807, 2.05) is 0 Å². The minimum Gasteiger partial charge on any atom is -0.497 e. The number of rotatable bonds is 6. The molecule has 188 valence electrons. The molecule has 2 atom stereocenters. The van der Waals surface area contributed by atoms with E-state index in [0.717, 1.165) is 18.2 Å². The number of halogens is 6. The largest absolute Gasteiger partial charge is 0.573 e. The van der Waals surface area contributed by atoms with Crippen LogP contribution in [-0.4, -0.2) is 38.0 Å². The fourth-order valence-electron chi connectivity index (χ4n) is 4.10. The Labute approximate surface area is 200 Å². The fourth-order valence-corrected chi connectivity index (χ4v) is 4.25. The highest BCUT2D eigenvalue weighted by molar-refractivity contribution is 6.32. The molecule has 1 saturated carbocycles. The maximum absolute atomic E-state index is 14.6. The molecule has 13 heteroatoms. The molecular formula is C22H19ClF5N3O4. The van der Waals surface area contributed by atoms with Crippen LogP contribution in [0.2, 0.25) is 5.02 Å². The Balaban J connectivity index is 1.51. The van der Waals surface area contributed by atoms with E-state index in [4.69, 9.17) is 16.3 Å². The molecule has 1 saturated heterocycles. The summed E-state index contributed by atoms with van der Waals surface area (Å²) in [6.45, 7) is -0.121. The number of urea groups is 1. The van der Waals surface area contributed by atoms with Gasteiger partial charge in [0.15, 0.2) is 0 Å². The van der Waals surface area contributed by atoms with Crippen molar-refractivity contribution in [2.24, 2.45) is 0 Å². The van der Waals surface area contributed by atoms with E-state index < -0.39 is 53.2 Å². The van der Waals surface area contributed by atoms with Crippen LogP contribution < -0.4 is 25.4 Å². The monoisotopic (exact) mass is 519 g/mol. The molecule has 4 rings (SSSR count). The second-order valence-electron chi connectivity index (χ2n) is 8.21. The van der Waals surface area contributed by atoms with Gasteiger partial charge in [-0.3, -0.25) is 4.79 Å². The molecule has 2 aromatic carbocycles. The third-order valence-electron chi connectivity index (χ3n) is 5.94. The third-order valence-corrected chi connectivity index (χ3v) is 6.25. The minimum absolute atomic E-state index is 0.0456. The number of benzene rings is 2. The highest BCUT2D eigenvalue weighted by Gasteiger charge is 2.48. The number of carbonyl (C=O) groups excluding carboxylic acids is 2. The molecular weight excluding hydrogens is 501 g/mol. The van der Waals surface area contributed by atoms with Crippen LogP contribution in [0.1, 0.15) is 29.9 Å². The van der Waals surface area contributed by atoms with Gasteiger partial charge in [0, 0.05) is 30.2 Å². The lowest BCUT2D eigenvalue weighted by molar-refractivity contribution is -0.274. The van der Waals surface area contributed by atoms with Crippen LogP contribution in [-0.2, 0) is 10.3 Å². The maximum Gasteiger partial charge on any atom is 0.573 e. The van der Waals surface area contributed by atoms with Crippen molar-refractivity contribution in [3.8, 4) is 11.5 Å². The molecule has 0 spiro atoms. The summed E-state index contributed by atoms with van der Waals surface area (Å²) in [6, 6.07) is 3.56. The van der Waals surface area contributed by atoms with Gasteiger partial charge in [-0.2, -0.15) is 0 Å². The molecule has 1 aliphatic heterocycles. The van der Waals surface area contributed by atoms with Crippen LogP contribution in [0, 0.1) is 11.6 Å². The average Bonchev–Trinajstić information content (AvgIpc) is 3.46. The van der Waals surface area contributed by atoms with E-state index in [1.165, 1.54) is 19.2 Å². The summed E-state index contributed by atoms with van der Waals surface area (Å²) >= 11 is 5.79. The lowest BCUT2D eigenvalue weighted by Gasteiger charge is -2.24. The van der Waals surface area contributed by atoms with Crippen molar-refractivity contribution in [3.63, 3.8) is 0 Å². The van der Waals surface area contributed by atoms with Crippen molar-refractivity contribution in [3.05, 3.63) is 58.1 Å². The third kappa shape index (κ3) is 5.21. The van der Waals surface area contributed by atoms with Gasteiger partial charge >= 0.3 is 12.4 Å². The summed E-state index contributed by atoms with van der Waals surface area (Å²) in [5, 5.41) is 7.27. The van der Waals surface area contributed by atoms with E-state index in [2.05, 4.69) is 20.7 Å². The Hall–Kier alpha value is -3.28. The van der Waals surface area contributed by atoms with Gasteiger partial charge in [-0.1, -0.05) is 17.7 Å². The Bertz CT molecular complexity index is 1150. The van der Waals surface area contributed by atoms with Gasteiger partial charge in [0.1, 0.15) is 29.2 Å². The smallest absolute Gasteiger partial charge is 0.497 e. The molecule has 0 radical (unpaired) electrons. The van der Waals surface area contributed by atoms with Crippen molar-refractivity contribution in [2.45, 2.75) is 36.7 Å². The Morgan fingerprint density at radius 1 is 1.17 bits per heavy atom. The number of nitrogens with one attached hydrogen (secondary N) is 3. The summed E-state index contributed by atoms with van der Waals surface area (Å²) in [4.78, 5) is 25.1.